The van der Waals surface area contributed by atoms with Gasteiger partial charge in [0.05, 0.1) is 10.2 Å². The van der Waals surface area contributed by atoms with Gasteiger partial charge in [-0.1, -0.05) is 31.0 Å². The lowest BCUT2D eigenvalue weighted by Gasteiger charge is -2.15. The van der Waals surface area contributed by atoms with E-state index in [-0.39, 0.29) is 0 Å². The second-order valence-corrected chi connectivity index (χ2v) is 6.45. The molecule has 0 unspecified atom stereocenters. The van der Waals surface area contributed by atoms with Crippen molar-refractivity contribution in [3.63, 3.8) is 0 Å². The van der Waals surface area contributed by atoms with Gasteiger partial charge in [-0.15, -0.1) is 0 Å². The van der Waals surface area contributed by atoms with Crippen LogP contribution in [0.3, 0.4) is 0 Å². The fraction of sp³-hybridized carbons (Fsp3) is 0.412. The van der Waals surface area contributed by atoms with Crippen molar-refractivity contribution >= 4 is 21.7 Å². The fourth-order valence-corrected chi connectivity index (χ4v) is 3.14. The van der Waals surface area contributed by atoms with Gasteiger partial charge in [-0.3, -0.25) is 0 Å². The lowest BCUT2D eigenvalue weighted by atomic mass is 10.1. The molecule has 3 nitrogen and oxygen atoms in total. The quantitative estimate of drug-likeness (QED) is 0.837. The average Bonchev–Trinajstić information content (AvgIpc) is 2.39. The highest BCUT2D eigenvalue weighted by molar-refractivity contribution is 9.10. The second-order valence-electron chi connectivity index (χ2n) is 5.66. The summed E-state index contributed by atoms with van der Waals surface area (Å²) >= 11 is 3.63. The van der Waals surface area contributed by atoms with Crippen LogP contribution in [0.2, 0.25) is 0 Å². The van der Waals surface area contributed by atoms with Gasteiger partial charge in [-0.05, 0) is 54.8 Å². The van der Waals surface area contributed by atoms with E-state index in [2.05, 4.69) is 79.0 Å². The molecule has 0 spiro atoms. The monoisotopic (exact) mass is 347 g/mol. The molecule has 112 valence electrons. The van der Waals surface area contributed by atoms with Gasteiger partial charge in [-0.2, -0.15) is 0 Å². The largest absolute Gasteiger partial charge is 0.369 e. The summed E-state index contributed by atoms with van der Waals surface area (Å²) in [6.07, 6.45) is 0. The number of rotatable bonds is 4. The Morgan fingerprint density at radius 2 is 1.71 bits per heavy atom. The van der Waals surface area contributed by atoms with Crippen LogP contribution in [0, 0.1) is 13.8 Å². The molecule has 1 aromatic carbocycles. The van der Waals surface area contributed by atoms with Crippen molar-refractivity contribution in [3.8, 4) is 11.4 Å². The minimum absolute atomic E-state index is 0.337. The zero-order valence-corrected chi connectivity index (χ0v) is 14.9. The number of benzene rings is 1. The third kappa shape index (κ3) is 3.62. The normalized spacial score (nSPS) is 11.0. The third-order valence-corrected chi connectivity index (χ3v) is 4.03. The highest BCUT2D eigenvalue weighted by Gasteiger charge is 2.15. The number of aryl methyl sites for hydroxylation is 2. The maximum atomic E-state index is 4.77. The van der Waals surface area contributed by atoms with Gasteiger partial charge in [-0.25, -0.2) is 9.97 Å². The summed E-state index contributed by atoms with van der Waals surface area (Å²) in [5, 5.41) is 3.31. The van der Waals surface area contributed by atoms with E-state index in [0.29, 0.717) is 5.92 Å². The van der Waals surface area contributed by atoms with Crippen LogP contribution in [0.25, 0.3) is 11.4 Å². The van der Waals surface area contributed by atoms with Crippen LogP contribution in [-0.2, 0) is 0 Å². The Balaban J connectivity index is 2.62. The molecule has 21 heavy (non-hydrogen) atoms. The molecule has 0 aliphatic rings. The summed E-state index contributed by atoms with van der Waals surface area (Å²) in [6.45, 7) is 11.4. The van der Waals surface area contributed by atoms with Gasteiger partial charge in [0.2, 0.25) is 0 Å². The fourth-order valence-electron chi connectivity index (χ4n) is 2.36. The van der Waals surface area contributed by atoms with Gasteiger partial charge >= 0.3 is 0 Å². The molecule has 0 saturated heterocycles. The molecular formula is C17H22BrN3. The molecule has 0 fully saturated rings. The standard InChI is InChI=1S/C17H22BrN3/c1-6-19-17-14(18)15(10(2)3)20-16(21-17)13-8-11(4)7-12(5)9-13/h7-10H,6H2,1-5H3,(H,19,20,21). The molecule has 4 heteroatoms. The first-order chi connectivity index (χ1) is 9.92. The average molecular weight is 348 g/mol. The number of hydrogen-bond donors (Lipinski definition) is 1. The minimum Gasteiger partial charge on any atom is -0.369 e. The smallest absolute Gasteiger partial charge is 0.161 e. The maximum absolute atomic E-state index is 4.77. The summed E-state index contributed by atoms with van der Waals surface area (Å²) < 4.78 is 0.965. The Bertz CT molecular complexity index is 630. The van der Waals surface area contributed by atoms with Crippen molar-refractivity contribution < 1.29 is 0 Å². The van der Waals surface area contributed by atoms with Crippen molar-refractivity contribution in [1.82, 2.24) is 9.97 Å². The first-order valence-electron chi connectivity index (χ1n) is 7.32. The van der Waals surface area contributed by atoms with E-state index >= 15 is 0 Å². The van der Waals surface area contributed by atoms with Crippen LogP contribution in [0.4, 0.5) is 5.82 Å². The first-order valence-corrected chi connectivity index (χ1v) is 8.11. The molecule has 1 heterocycles. The van der Waals surface area contributed by atoms with Crippen molar-refractivity contribution in [2.24, 2.45) is 0 Å². The van der Waals surface area contributed by atoms with E-state index in [1.807, 2.05) is 0 Å². The molecule has 0 radical (unpaired) electrons. The molecule has 0 aliphatic carbocycles. The zero-order chi connectivity index (χ0) is 15.6. The molecule has 0 saturated carbocycles. The number of nitrogens with zero attached hydrogens (tertiary/aromatic N) is 2. The zero-order valence-electron chi connectivity index (χ0n) is 13.3. The molecule has 0 bridgehead atoms. The summed E-state index contributed by atoms with van der Waals surface area (Å²) in [6, 6.07) is 6.43. The Hall–Kier alpha value is -1.42. The number of anilines is 1. The van der Waals surface area contributed by atoms with Crippen LogP contribution >= 0.6 is 15.9 Å². The lowest BCUT2D eigenvalue weighted by molar-refractivity contribution is 0.809. The van der Waals surface area contributed by atoms with Crippen molar-refractivity contribution in [1.29, 1.82) is 0 Å². The Labute approximate surface area is 135 Å². The Morgan fingerprint density at radius 3 is 2.24 bits per heavy atom. The van der Waals surface area contributed by atoms with Gasteiger partial charge in [0.25, 0.3) is 0 Å². The van der Waals surface area contributed by atoms with E-state index in [4.69, 9.17) is 4.98 Å². The summed E-state index contributed by atoms with van der Waals surface area (Å²) in [5.41, 5.74) is 4.57. The van der Waals surface area contributed by atoms with Crippen LogP contribution in [-0.4, -0.2) is 16.5 Å². The third-order valence-electron chi connectivity index (χ3n) is 3.25. The lowest BCUT2D eigenvalue weighted by Crippen LogP contribution is -2.07. The van der Waals surface area contributed by atoms with E-state index < -0.39 is 0 Å². The molecular weight excluding hydrogens is 326 g/mol. The van der Waals surface area contributed by atoms with Crippen LogP contribution in [0.5, 0.6) is 0 Å². The van der Waals surface area contributed by atoms with Crippen molar-refractivity contribution in [2.75, 3.05) is 11.9 Å². The van der Waals surface area contributed by atoms with Crippen molar-refractivity contribution in [3.05, 3.63) is 39.5 Å². The number of nitrogens with one attached hydrogen (secondary N) is 1. The minimum atomic E-state index is 0.337. The first kappa shape index (κ1) is 16.0. The maximum Gasteiger partial charge on any atom is 0.161 e. The molecule has 0 aliphatic heterocycles. The summed E-state index contributed by atoms with van der Waals surface area (Å²) in [5.74, 6) is 1.99. The van der Waals surface area contributed by atoms with Crippen LogP contribution in [0.15, 0.2) is 22.7 Å². The van der Waals surface area contributed by atoms with Gasteiger partial charge < -0.3 is 5.32 Å². The predicted octanol–water partition coefficient (Wildman–Crippen LogP) is 5.08. The number of aromatic nitrogens is 2. The van der Waals surface area contributed by atoms with Crippen molar-refractivity contribution in [2.45, 2.75) is 40.5 Å². The topological polar surface area (TPSA) is 37.8 Å². The summed E-state index contributed by atoms with van der Waals surface area (Å²) in [4.78, 5) is 9.46. The highest BCUT2D eigenvalue weighted by atomic mass is 79.9. The van der Waals surface area contributed by atoms with E-state index in [9.17, 15) is 0 Å². The Morgan fingerprint density at radius 1 is 1.10 bits per heavy atom. The molecule has 2 rings (SSSR count). The van der Waals surface area contributed by atoms with Gasteiger partial charge in [0, 0.05) is 12.1 Å². The molecule has 2 aromatic rings. The van der Waals surface area contributed by atoms with Gasteiger partial charge in [0.15, 0.2) is 5.82 Å². The van der Waals surface area contributed by atoms with E-state index in [1.54, 1.807) is 0 Å². The van der Waals surface area contributed by atoms with Crippen LogP contribution < -0.4 is 5.32 Å². The number of halogens is 1. The summed E-state index contributed by atoms with van der Waals surface area (Å²) in [7, 11) is 0. The highest BCUT2D eigenvalue weighted by Crippen LogP contribution is 2.31. The SMILES string of the molecule is CCNc1nc(-c2cc(C)cc(C)c2)nc(C(C)C)c1Br. The van der Waals surface area contributed by atoms with Crippen LogP contribution in [0.1, 0.15) is 43.5 Å². The molecule has 0 amide bonds. The second kappa shape index (κ2) is 6.56. The Kier molecular flexibility index (Phi) is 4.99. The van der Waals surface area contributed by atoms with Gasteiger partial charge in [0.1, 0.15) is 5.82 Å². The van der Waals surface area contributed by atoms with E-state index in [0.717, 1.165) is 33.9 Å². The molecule has 0 atom stereocenters. The number of hydrogen-bond acceptors (Lipinski definition) is 3. The molecule has 1 aromatic heterocycles. The van der Waals surface area contributed by atoms with E-state index in [1.165, 1.54) is 11.1 Å². The predicted molar refractivity (Wildman–Crippen MR) is 92.9 cm³/mol. The molecule has 1 N–H and O–H groups in total.